The average Bonchev–Trinajstić information content (AvgIpc) is 2.30. The normalized spacial score (nSPS) is 41.6. The number of hydrogen-bond donors (Lipinski definition) is 4. The van der Waals surface area contributed by atoms with Gasteiger partial charge >= 0.3 is 5.97 Å². The molecule has 0 spiro atoms. The maximum atomic E-state index is 10.3. The number of aliphatic hydroxyl groups excluding tert-OH is 3. The predicted molar refractivity (Wildman–Crippen MR) is 35.4 cm³/mol. The van der Waals surface area contributed by atoms with Crippen molar-refractivity contribution >= 4 is 5.97 Å². The second kappa shape index (κ2) is 3.36. The van der Waals surface area contributed by atoms with Gasteiger partial charge in [0.1, 0.15) is 18.3 Å². The first-order valence-corrected chi connectivity index (χ1v) is 3.43. The van der Waals surface area contributed by atoms with Crippen molar-refractivity contribution in [2.45, 2.75) is 24.4 Å². The Bertz CT molecular complexity index is 181. The van der Waals surface area contributed by atoms with Crippen molar-refractivity contribution in [2.75, 3.05) is 6.61 Å². The van der Waals surface area contributed by atoms with E-state index in [1.165, 1.54) is 0 Å². The summed E-state index contributed by atoms with van der Waals surface area (Å²) in [4.78, 5) is 10.3. The highest BCUT2D eigenvalue weighted by molar-refractivity contribution is 5.73. The van der Waals surface area contributed by atoms with Crippen LogP contribution in [0.3, 0.4) is 0 Å². The Morgan fingerprint density at radius 2 is 1.92 bits per heavy atom. The first kappa shape index (κ1) is 9.40. The van der Waals surface area contributed by atoms with Gasteiger partial charge in [-0.05, 0) is 0 Å². The van der Waals surface area contributed by atoms with Crippen LogP contribution in [0.1, 0.15) is 0 Å². The number of hydrogen-bond acceptors (Lipinski definition) is 5. The molecule has 1 heterocycles. The van der Waals surface area contributed by atoms with Crippen LogP contribution in [0.25, 0.3) is 0 Å². The van der Waals surface area contributed by atoms with E-state index in [2.05, 4.69) is 4.74 Å². The lowest BCUT2D eigenvalue weighted by atomic mass is 10.1. The topological polar surface area (TPSA) is 107 Å². The molecule has 0 bridgehead atoms. The van der Waals surface area contributed by atoms with Gasteiger partial charge in [0, 0.05) is 0 Å². The van der Waals surface area contributed by atoms with Gasteiger partial charge in [-0.2, -0.15) is 0 Å². The summed E-state index contributed by atoms with van der Waals surface area (Å²) < 4.78 is 4.65. The molecule has 0 saturated carbocycles. The third-order valence-corrected chi connectivity index (χ3v) is 1.79. The van der Waals surface area contributed by atoms with Crippen LogP contribution in [0.4, 0.5) is 0 Å². The predicted octanol–water partition coefficient (Wildman–Crippen LogP) is -2.45. The molecule has 6 heteroatoms. The third kappa shape index (κ3) is 1.42. The van der Waals surface area contributed by atoms with E-state index >= 15 is 0 Å². The molecule has 0 radical (unpaired) electrons. The number of carbonyl (C=O) groups is 1. The fraction of sp³-hybridized carbons (Fsp3) is 0.833. The van der Waals surface area contributed by atoms with Gasteiger partial charge < -0.3 is 25.2 Å². The molecule has 4 atom stereocenters. The van der Waals surface area contributed by atoms with Gasteiger partial charge in [0.05, 0.1) is 6.61 Å². The Labute approximate surface area is 68.0 Å². The number of carboxylic acids is 1. The minimum atomic E-state index is -1.47. The van der Waals surface area contributed by atoms with E-state index in [1.54, 1.807) is 0 Å². The van der Waals surface area contributed by atoms with Crippen LogP contribution < -0.4 is 0 Å². The maximum Gasteiger partial charge on any atom is 0.335 e. The standard InChI is InChI=1S/C6H10O6/c7-1-2-3(8)4(9)5(12-2)6(10)11/h2-5,7-9H,1H2,(H,10,11)/t2-,3+,4+,5+/m1/s1. The van der Waals surface area contributed by atoms with Crippen LogP contribution in [-0.2, 0) is 9.53 Å². The van der Waals surface area contributed by atoms with Crippen molar-refractivity contribution in [1.29, 1.82) is 0 Å². The number of aliphatic hydroxyl groups is 3. The second-order valence-electron chi connectivity index (χ2n) is 2.60. The Morgan fingerprint density at radius 1 is 1.33 bits per heavy atom. The molecule has 4 N–H and O–H groups in total. The van der Waals surface area contributed by atoms with Gasteiger partial charge in [-0.1, -0.05) is 0 Å². The zero-order chi connectivity index (χ0) is 9.30. The van der Waals surface area contributed by atoms with E-state index in [1.807, 2.05) is 0 Å². The molecule has 0 aliphatic carbocycles. The van der Waals surface area contributed by atoms with Gasteiger partial charge in [0.15, 0.2) is 6.10 Å². The van der Waals surface area contributed by atoms with Gasteiger partial charge in [-0.15, -0.1) is 0 Å². The van der Waals surface area contributed by atoms with Crippen LogP contribution in [-0.4, -0.2) is 57.4 Å². The molecule has 1 aliphatic heterocycles. The molecule has 0 aromatic carbocycles. The molecule has 12 heavy (non-hydrogen) atoms. The molecule has 1 saturated heterocycles. The molecule has 0 aromatic rings. The minimum Gasteiger partial charge on any atom is -0.479 e. The first-order chi connectivity index (χ1) is 5.57. The fourth-order valence-corrected chi connectivity index (χ4v) is 1.10. The third-order valence-electron chi connectivity index (χ3n) is 1.79. The summed E-state index contributed by atoms with van der Waals surface area (Å²) in [6, 6.07) is 0. The molecule has 6 nitrogen and oxygen atoms in total. The lowest BCUT2D eigenvalue weighted by molar-refractivity contribution is -0.153. The highest BCUT2D eigenvalue weighted by atomic mass is 16.6. The van der Waals surface area contributed by atoms with E-state index < -0.39 is 37.0 Å². The van der Waals surface area contributed by atoms with Gasteiger partial charge in [0.2, 0.25) is 0 Å². The van der Waals surface area contributed by atoms with Gasteiger partial charge in [0.25, 0.3) is 0 Å². The van der Waals surface area contributed by atoms with Crippen molar-refractivity contribution in [1.82, 2.24) is 0 Å². The minimum absolute atomic E-state index is 0.512. The summed E-state index contributed by atoms with van der Waals surface area (Å²) in [5.74, 6) is -1.35. The summed E-state index contributed by atoms with van der Waals surface area (Å²) in [6.07, 6.45) is -5.27. The van der Waals surface area contributed by atoms with Gasteiger partial charge in [-0.3, -0.25) is 0 Å². The summed E-state index contributed by atoms with van der Waals surface area (Å²) >= 11 is 0. The summed E-state index contributed by atoms with van der Waals surface area (Å²) in [6.45, 7) is -0.512. The molecule has 1 fully saturated rings. The van der Waals surface area contributed by atoms with E-state index in [0.717, 1.165) is 0 Å². The monoisotopic (exact) mass is 178 g/mol. The van der Waals surface area contributed by atoms with Crippen molar-refractivity contribution < 1.29 is 30.0 Å². The number of aliphatic carboxylic acids is 1. The van der Waals surface area contributed by atoms with Crippen LogP contribution in [0, 0.1) is 0 Å². The molecule has 0 aromatic heterocycles. The first-order valence-electron chi connectivity index (χ1n) is 3.43. The molecule has 1 aliphatic rings. The average molecular weight is 178 g/mol. The van der Waals surface area contributed by atoms with Crippen LogP contribution in [0.2, 0.25) is 0 Å². The number of rotatable bonds is 2. The fourth-order valence-electron chi connectivity index (χ4n) is 1.10. The quantitative estimate of drug-likeness (QED) is 0.374. The summed E-state index contributed by atoms with van der Waals surface area (Å²) in [5, 5.41) is 35.1. The molecular formula is C6H10O6. The van der Waals surface area contributed by atoms with E-state index in [4.69, 9.17) is 20.4 Å². The summed E-state index contributed by atoms with van der Waals surface area (Å²) in [5.41, 5.74) is 0. The number of carboxylic acid groups (broad SMARTS) is 1. The van der Waals surface area contributed by atoms with E-state index in [-0.39, 0.29) is 0 Å². The van der Waals surface area contributed by atoms with Crippen LogP contribution in [0.5, 0.6) is 0 Å². The highest BCUT2D eigenvalue weighted by Gasteiger charge is 2.45. The SMILES string of the molecule is O=C(O)[C@H]1O[C@H](CO)[C@H](O)[C@@H]1O. The molecule has 0 unspecified atom stereocenters. The van der Waals surface area contributed by atoms with Crippen LogP contribution >= 0.6 is 0 Å². The molecule has 70 valence electrons. The van der Waals surface area contributed by atoms with Crippen molar-refractivity contribution in [2.24, 2.45) is 0 Å². The zero-order valence-electron chi connectivity index (χ0n) is 6.12. The number of ether oxygens (including phenoxy) is 1. The van der Waals surface area contributed by atoms with Crippen molar-refractivity contribution in [3.63, 3.8) is 0 Å². The molecule has 1 rings (SSSR count). The highest BCUT2D eigenvalue weighted by Crippen LogP contribution is 2.20. The summed E-state index contributed by atoms with van der Waals surface area (Å²) in [7, 11) is 0. The molecule has 0 amide bonds. The second-order valence-corrected chi connectivity index (χ2v) is 2.60. The van der Waals surface area contributed by atoms with Crippen molar-refractivity contribution in [3.05, 3.63) is 0 Å². The smallest absolute Gasteiger partial charge is 0.335 e. The van der Waals surface area contributed by atoms with E-state index in [9.17, 15) is 4.79 Å². The van der Waals surface area contributed by atoms with Crippen LogP contribution in [0.15, 0.2) is 0 Å². The van der Waals surface area contributed by atoms with Crippen molar-refractivity contribution in [3.8, 4) is 0 Å². The van der Waals surface area contributed by atoms with Gasteiger partial charge in [-0.25, -0.2) is 4.79 Å². The largest absolute Gasteiger partial charge is 0.479 e. The Balaban J connectivity index is 2.66. The zero-order valence-corrected chi connectivity index (χ0v) is 6.12. The Morgan fingerprint density at radius 3 is 2.17 bits per heavy atom. The lowest BCUT2D eigenvalue weighted by Gasteiger charge is -2.10. The Hall–Kier alpha value is -0.690. The lowest BCUT2D eigenvalue weighted by Crippen LogP contribution is -2.36. The maximum absolute atomic E-state index is 10.3. The molecular weight excluding hydrogens is 168 g/mol. The van der Waals surface area contributed by atoms with E-state index in [0.29, 0.717) is 0 Å². The Kier molecular flexibility index (Phi) is 2.63.